The Kier molecular flexibility index (Phi) is 4.00. The van der Waals surface area contributed by atoms with Crippen LogP contribution in [0.25, 0.3) is 31.0 Å². The Morgan fingerprint density at radius 2 is 1.15 bits per heavy atom. The molecule has 136 valence electrons. The zero-order chi connectivity index (χ0) is 17.8. The van der Waals surface area contributed by atoms with Crippen molar-refractivity contribution >= 4 is 55.0 Å². The Morgan fingerprint density at radius 1 is 0.667 bits per heavy atom. The van der Waals surface area contributed by atoms with Crippen LogP contribution in [0.15, 0.2) is 22.0 Å². The van der Waals surface area contributed by atoms with Gasteiger partial charge < -0.3 is 0 Å². The van der Waals surface area contributed by atoms with Crippen molar-refractivity contribution in [2.75, 3.05) is 26.4 Å². The average molecular weight is 557 g/mol. The zero-order valence-electron chi connectivity index (χ0n) is 13.9. The van der Waals surface area contributed by atoms with E-state index in [1.54, 1.807) is 0 Å². The molecule has 0 fully saturated rings. The molecular weight excluding hydrogens is 545 g/mol. The van der Waals surface area contributed by atoms with E-state index in [9.17, 15) is 0 Å². The summed E-state index contributed by atoms with van der Waals surface area (Å²) in [6.45, 7) is 2.44. The Bertz CT molecular complexity index is 1070. The number of aromatic nitrogens is 2. The maximum atomic E-state index is 5.91. The predicted molar refractivity (Wildman–Crippen MR) is 103 cm³/mol. The van der Waals surface area contributed by atoms with Gasteiger partial charge in [0, 0.05) is 0 Å². The molecule has 2 aliphatic rings. The monoisotopic (exact) mass is 560 g/mol. The van der Waals surface area contributed by atoms with E-state index in [4.69, 9.17) is 26.9 Å². The molecule has 27 heavy (non-hydrogen) atoms. The van der Waals surface area contributed by atoms with Crippen LogP contribution in [0.1, 0.15) is 0 Å². The number of rotatable bonds is 2. The quantitative estimate of drug-likeness (QED) is 0.350. The van der Waals surface area contributed by atoms with Crippen LogP contribution < -0.4 is 18.9 Å². The minimum absolute atomic E-state index is 0.110. The van der Waals surface area contributed by atoms with Gasteiger partial charge >= 0.3 is 173 Å². The summed E-state index contributed by atoms with van der Waals surface area (Å²) >= 11 is 0.258. The number of hydrogen-bond acceptors (Lipinski definition) is 6. The van der Waals surface area contributed by atoms with Crippen LogP contribution in [0, 0.1) is 0 Å². The first kappa shape index (κ1) is 16.5. The van der Waals surface area contributed by atoms with Crippen LogP contribution in [0.4, 0.5) is 0 Å². The van der Waals surface area contributed by atoms with E-state index < -0.39 is 0 Å². The summed E-state index contributed by atoms with van der Waals surface area (Å²) < 4.78 is 35.3. The Balaban J connectivity index is 1.53. The number of fused-ring (bicyclic) bond motifs is 3. The van der Waals surface area contributed by atoms with Crippen molar-refractivity contribution in [3.05, 3.63) is 22.0 Å². The maximum absolute atomic E-state index is 5.91. The Morgan fingerprint density at radius 3 is 1.67 bits per heavy atom. The van der Waals surface area contributed by atoms with Crippen molar-refractivity contribution in [2.45, 2.75) is 0 Å². The van der Waals surface area contributed by atoms with E-state index in [0.717, 1.165) is 45.2 Å². The van der Waals surface area contributed by atoms with E-state index in [1.807, 2.05) is 0 Å². The predicted octanol–water partition coefficient (Wildman–Crippen LogP) is 1.68. The zero-order valence-corrected chi connectivity index (χ0v) is 19.0. The Labute approximate surface area is 172 Å². The molecule has 0 bridgehead atoms. The number of ether oxygens (including phenoxy) is 4. The summed E-state index contributed by atoms with van der Waals surface area (Å²) in [5.74, 6) is 3.57. The van der Waals surface area contributed by atoms with Gasteiger partial charge in [-0.1, -0.05) is 0 Å². The van der Waals surface area contributed by atoms with E-state index in [1.165, 1.54) is 8.87 Å². The molecular formula is C18H12N2O4Se3. The molecule has 0 saturated heterocycles. The molecule has 0 spiro atoms. The summed E-state index contributed by atoms with van der Waals surface area (Å²) in [5.41, 5.74) is 4.26. The summed E-state index contributed by atoms with van der Waals surface area (Å²) in [4.78, 5) is 4.31. The SMILES string of the molecule is c1[se]c(-c2ccc(-c3[se]cc4c3OCCO4)c3n[se]nc23)c2c1OCCO2. The van der Waals surface area contributed by atoms with Crippen LogP contribution in [0.5, 0.6) is 23.0 Å². The van der Waals surface area contributed by atoms with E-state index in [0.29, 0.717) is 26.4 Å². The second-order valence-electron chi connectivity index (χ2n) is 6.03. The molecule has 4 aromatic rings. The van der Waals surface area contributed by atoms with Crippen molar-refractivity contribution < 1.29 is 18.9 Å². The average Bonchev–Trinajstić information content (AvgIpc) is 3.45. The minimum atomic E-state index is -0.110. The van der Waals surface area contributed by atoms with Gasteiger partial charge in [0.2, 0.25) is 0 Å². The number of hydrogen-bond donors (Lipinski definition) is 0. The summed E-state index contributed by atoms with van der Waals surface area (Å²) in [6, 6.07) is 4.33. The number of benzene rings is 1. The van der Waals surface area contributed by atoms with Gasteiger partial charge in [0.05, 0.1) is 0 Å². The van der Waals surface area contributed by atoms with Gasteiger partial charge in [0.15, 0.2) is 0 Å². The normalized spacial score (nSPS) is 15.3. The first-order valence-corrected chi connectivity index (χ1v) is 13.6. The van der Waals surface area contributed by atoms with Gasteiger partial charge in [-0.2, -0.15) is 0 Å². The second-order valence-corrected chi connectivity index (χ2v) is 10.8. The molecule has 0 N–H and O–H groups in total. The van der Waals surface area contributed by atoms with Crippen molar-refractivity contribution in [2.24, 2.45) is 0 Å². The molecule has 0 saturated carbocycles. The van der Waals surface area contributed by atoms with E-state index in [2.05, 4.69) is 22.0 Å². The van der Waals surface area contributed by atoms with Gasteiger partial charge in [0.1, 0.15) is 0 Å². The van der Waals surface area contributed by atoms with Gasteiger partial charge in [-0.3, -0.25) is 0 Å². The van der Waals surface area contributed by atoms with Gasteiger partial charge in [-0.15, -0.1) is 0 Å². The van der Waals surface area contributed by atoms with Crippen molar-refractivity contribution in [1.82, 2.24) is 7.96 Å². The molecule has 3 aromatic heterocycles. The van der Waals surface area contributed by atoms with Crippen LogP contribution in [0.2, 0.25) is 0 Å². The topological polar surface area (TPSA) is 62.7 Å². The van der Waals surface area contributed by atoms with Gasteiger partial charge in [-0.05, 0) is 0 Å². The molecule has 1 aromatic carbocycles. The molecule has 0 aliphatic carbocycles. The van der Waals surface area contributed by atoms with Crippen LogP contribution in [0.3, 0.4) is 0 Å². The first-order chi connectivity index (χ1) is 13.4. The van der Waals surface area contributed by atoms with Gasteiger partial charge in [-0.25, -0.2) is 0 Å². The summed E-state index contributed by atoms with van der Waals surface area (Å²) in [7, 11) is 0. The van der Waals surface area contributed by atoms with Crippen molar-refractivity contribution in [3.63, 3.8) is 0 Å². The van der Waals surface area contributed by atoms with Crippen LogP contribution in [-0.4, -0.2) is 78.4 Å². The third-order valence-corrected chi connectivity index (χ3v) is 9.70. The van der Waals surface area contributed by atoms with Crippen molar-refractivity contribution in [3.8, 4) is 43.0 Å². The molecule has 2 aliphatic heterocycles. The molecule has 0 amide bonds. The fraction of sp³-hybridized carbons (Fsp3) is 0.222. The molecule has 0 unspecified atom stereocenters. The van der Waals surface area contributed by atoms with Gasteiger partial charge in [0.25, 0.3) is 0 Å². The molecule has 6 rings (SSSR count). The standard InChI is InChI=1S/C18H12N2O4Se3/c1-2-10(18-16-12(8-26-18)22-4-6-24-16)14-13(19-27-20-14)9(1)17-15-11(7-25-17)21-3-5-23-15/h1-2,7-8H,3-6H2. The van der Waals surface area contributed by atoms with Crippen LogP contribution >= 0.6 is 0 Å². The van der Waals surface area contributed by atoms with Crippen molar-refractivity contribution in [1.29, 1.82) is 0 Å². The summed E-state index contributed by atoms with van der Waals surface area (Å²) in [6.07, 6.45) is 0. The Hall–Kier alpha value is -1.46. The molecule has 9 heteroatoms. The molecule has 6 nitrogen and oxygen atoms in total. The molecule has 0 radical (unpaired) electrons. The molecule has 5 heterocycles. The third-order valence-electron chi connectivity index (χ3n) is 4.51. The van der Waals surface area contributed by atoms with E-state index >= 15 is 0 Å². The van der Waals surface area contributed by atoms with Crippen LogP contribution in [-0.2, 0) is 0 Å². The second kappa shape index (κ2) is 6.56. The fourth-order valence-electron chi connectivity index (χ4n) is 3.33. The number of nitrogens with zero attached hydrogens (tertiary/aromatic N) is 2. The van der Waals surface area contributed by atoms with E-state index in [-0.39, 0.29) is 44.0 Å². The first-order valence-electron chi connectivity index (χ1n) is 8.40. The molecule has 0 atom stereocenters. The summed E-state index contributed by atoms with van der Waals surface area (Å²) in [5, 5.41) is 0. The fourth-order valence-corrected chi connectivity index (χ4v) is 8.56. The third kappa shape index (κ3) is 2.58.